The minimum atomic E-state index is -0.974. The van der Waals surface area contributed by atoms with Gasteiger partial charge < -0.3 is 88.0 Å². The Morgan fingerprint density at radius 2 is 1.00 bits per heavy atom. The molecule has 3 aliphatic heterocycles. The van der Waals surface area contributed by atoms with Crippen molar-refractivity contribution in [2.75, 3.05) is 104 Å². The zero-order chi connectivity index (χ0) is 77.6. The van der Waals surface area contributed by atoms with Crippen LogP contribution in [-0.4, -0.2) is 188 Å². The van der Waals surface area contributed by atoms with Gasteiger partial charge in [-0.2, -0.15) is 29.9 Å². The first-order valence-corrected chi connectivity index (χ1v) is 36.5. The zero-order valence-electron chi connectivity index (χ0n) is 61.8. The first-order valence-electron chi connectivity index (χ1n) is 36.5. The second-order valence-corrected chi connectivity index (χ2v) is 28.9. The molecule has 0 bridgehead atoms. The van der Waals surface area contributed by atoms with Gasteiger partial charge in [0.2, 0.25) is 11.8 Å². The molecule has 3 saturated heterocycles. The lowest BCUT2D eigenvalue weighted by Crippen LogP contribution is -2.42. The highest BCUT2D eigenvalue weighted by Crippen LogP contribution is 2.56. The van der Waals surface area contributed by atoms with Crippen LogP contribution in [0.3, 0.4) is 0 Å². The van der Waals surface area contributed by atoms with E-state index in [-0.39, 0.29) is 83.9 Å². The summed E-state index contributed by atoms with van der Waals surface area (Å²) in [4.78, 5) is 84.7. The van der Waals surface area contributed by atoms with E-state index in [9.17, 15) is 37.8 Å². The highest BCUT2D eigenvalue weighted by molar-refractivity contribution is 5.92. The number of aryl methyl sites for hydroxylation is 3. The van der Waals surface area contributed by atoms with Crippen molar-refractivity contribution in [3.8, 4) is 68.7 Å². The number of nitrogens with zero attached hydrogens (tertiary/aromatic N) is 12. The number of fused-ring (bicyclic) bond motifs is 9. The maximum absolute atomic E-state index is 14.7. The highest BCUT2D eigenvalue weighted by Gasteiger charge is 2.56. The van der Waals surface area contributed by atoms with Gasteiger partial charge in [-0.25, -0.2) is 13.2 Å². The number of aliphatic hydroxyl groups is 3. The lowest BCUT2D eigenvalue weighted by Gasteiger charge is -2.22. The van der Waals surface area contributed by atoms with E-state index in [1.54, 1.807) is 64.9 Å². The first-order chi connectivity index (χ1) is 52.8. The molecule has 110 heavy (non-hydrogen) atoms. The predicted octanol–water partition coefficient (Wildman–Crippen LogP) is 6.70. The monoisotopic (exact) mass is 1500 g/mol. The molecule has 29 nitrogen and oxygen atoms in total. The lowest BCUT2D eigenvalue weighted by atomic mass is 10.0. The number of rotatable bonds is 21. The van der Waals surface area contributed by atoms with E-state index in [1.165, 1.54) is 36.4 Å². The third kappa shape index (κ3) is 15.8. The number of Topliss-reactive ketones (excluding diaryl/α,β-unsaturated/α-hetero) is 1. The number of hydrogen-bond donors (Lipinski definition) is 11. The van der Waals surface area contributed by atoms with Crippen LogP contribution >= 0.6 is 0 Å². The molecular formula is C78H87F3N20O9. The number of β-amino-alcohol motifs (C(OH)–C–C–N with tert-alkyl or cyclic N) is 1. The fourth-order valence-electron chi connectivity index (χ4n) is 15.1. The number of ether oxygens (including phenoxy) is 3. The number of aliphatic hydroxyl groups excluding tert-OH is 3. The van der Waals surface area contributed by atoms with Gasteiger partial charge >= 0.3 is 18.0 Å². The fraction of sp³-hybridized carbons (Fsp3) is 0.385. The zero-order valence-corrected chi connectivity index (χ0v) is 61.8. The number of ketones is 1. The van der Waals surface area contributed by atoms with Gasteiger partial charge in [0.25, 0.3) is 0 Å². The lowest BCUT2D eigenvalue weighted by molar-refractivity contribution is -0.126. The second-order valence-electron chi connectivity index (χ2n) is 28.9. The van der Waals surface area contributed by atoms with Crippen LogP contribution in [0.1, 0.15) is 83.5 Å². The van der Waals surface area contributed by atoms with E-state index in [4.69, 9.17) is 51.5 Å². The summed E-state index contributed by atoms with van der Waals surface area (Å²) in [6.45, 7) is 9.56. The Morgan fingerprint density at radius 1 is 0.582 bits per heavy atom. The van der Waals surface area contributed by atoms with Gasteiger partial charge in [-0.05, 0) is 147 Å². The quantitative estimate of drug-likeness (QED) is 0.0356. The molecule has 7 aliphatic rings. The maximum atomic E-state index is 14.7. The third-order valence-electron chi connectivity index (χ3n) is 21.0. The Bertz CT molecular complexity index is 4990. The summed E-state index contributed by atoms with van der Waals surface area (Å²) in [5.41, 5.74) is 32.0. The summed E-state index contributed by atoms with van der Waals surface area (Å²) >= 11 is 0. The van der Waals surface area contributed by atoms with Gasteiger partial charge in [-0.15, -0.1) is 0 Å². The smallest absolute Gasteiger partial charge is 0.324 e. The summed E-state index contributed by atoms with van der Waals surface area (Å²) < 4.78 is 61.6. The number of nitrogens with two attached hydrogens (primary N) is 3. The minimum Gasteiger partial charge on any atom is -0.423 e. The minimum absolute atomic E-state index is 0.00401. The number of nitrogens with one attached hydrogen (secondary N) is 5. The van der Waals surface area contributed by atoms with Crippen LogP contribution in [0.5, 0.6) is 35.3 Å². The number of pyridine rings is 3. The maximum Gasteiger partial charge on any atom is 0.324 e. The Morgan fingerprint density at radius 3 is 1.37 bits per heavy atom. The molecule has 4 aliphatic carbocycles. The molecule has 14 N–H and O–H groups in total. The van der Waals surface area contributed by atoms with Crippen LogP contribution in [0.25, 0.3) is 33.4 Å². The molecule has 0 radical (unpaired) electrons. The number of aromatic nitrogens is 9. The van der Waals surface area contributed by atoms with Crippen LogP contribution in [-0.2, 0) is 33.6 Å². The molecule has 9 aromatic rings. The molecule has 1 spiro atoms. The van der Waals surface area contributed by atoms with Crippen LogP contribution in [0, 0.1) is 49.6 Å². The van der Waals surface area contributed by atoms with Crippen molar-refractivity contribution in [2.24, 2.45) is 28.5 Å². The summed E-state index contributed by atoms with van der Waals surface area (Å²) in [5, 5.41) is 44.0. The Hall–Kier alpha value is -11.3. The normalized spacial score (nSPS) is 18.8. The van der Waals surface area contributed by atoms with Gasteiger partial charge in [-0.3, -0.25) is 29.3 Å². The number of halogens is 3. The number of anilines is 6. The average molecular weight is 1510 g/mol. The van der Waals surface area contributed by atoms with E-state index in [2.05, 4.69) is 61.4 Å². The second kappa shape index (κ2) is 31.4. The molecule has 16 rings (SSSR count). The van der Waals surface area contributed by atoms with E-state index in [0.717, 1.165) is 80.3 Å². The molecular weight excluding hydrogens is 1420 g/mol. The Kier molecular flexibility index (Phi) is 21.5. The summed E-state index contributed by atoms with van der Waals surface area (Å²) in [6, 6.07) is 18.4. The molecule has 2 amide bonds. The van der Waals surface area contributed by atoms with Crippen molar-refractivity contribution in [3.05, 3.63) is 160 Å². The molecule has 32 heteroatoms. The Balaban J connectivity index is 0.000000139. The molecule has 3 aromatic carbocycles. The van der Waals surface area contributed by atoms with Gasteiger partial charge in [-0.1, -0.05) is 0 Å². The van der Waals surface area contributed by atoms with E-state index >= 15 is 0 Å². The summed E-state index contributed by atoms with van der Waals surface area (Å²) in [5.74, 6) is 0.877. The number of benzene rings is 3. The van der Waals surface area contributed by atoms with Crippen molar-refractivity contribution < 1.29 is 57.1 Å². The summed E-state index contributed by atoms with van der Waals surface area (Å²) in [7, 11) is 5.28. The van der Waals surface area contributed by atoms with Crippen molar-refractivity contribution in [1.82, 2.24) is 55.5 Å². The molecule has 6 aromatic heterocycles. The number of carbonyl (C=O) groups excluding carboxylic acids is 3. The highest BCUT2D eigenvalue weighted by atomic mass is 19.1. The van der Waals surface area contributed by atoms with E-state index < -0.39 is 42.9 Å². The fourth-order valence-corrected chi connectivity index (χ4v) is 15.1. The number of hydrogen-bond acceptors (Lipinski definition) is 27. The molecule has 1 saturated carbocycles. The SMILES string of the molecule is CNc1cc(F)cc2c1Cc1nc(Oc3ccc(C)nc3)nc(N3CC(N)C(C(=O)NCC(C)O)C3)c1-2.CNc1cc(F)cc2c1Cc1nc(Oc3ccc(C)nc3)nc(N3C[C@H](N)[C@@H](O)C3)c1-2.CNc1cc(F)cc2c1Cc1nc(Oc3ccc(C)nc3)nc(N3C[C@H](NC(=O)CCC(=O)[C@@H](N)CO)C4(CC4)C3)c1-2. The van der Waals surface area contributed by atoms with Crippen molar-refractivity contribution >= 4 is 52.1 Å². The van der Waals surface area contributed by atoms with Crippen LogP contribution in [0.15, 0.2) is 91.4 Å². The topological polar surface area (TPSA) is 404 Å². The molecule has 3 unspecified atom stereocenters. The third-order valence-corrected chi connectivity index (χ3v) is 21.0. The number of carbonyl (C=O) groups is 3. The van der Waals surface area contributed by atoms with Gasteiger partial charge in [0.05, 0.1) is 72.5 Å². The van der Waals surface area contributed by atoms with E-state index in [0.29, 0.717) is 127 Å². The van der Waals surface area contributed by atoms with Crippen LogP contribution in [0.2, 0.25) is 0 Å². The molecule has 9 heterocycles. The number of amides is 2. The molecule has 7 atom stereocenters. The Labute approximate surface area is 632 Å². The first kappa shape index (κ1) is 75.5. The van der Waals surface area contributed by atoms with Crippen molar-refractivity contribution in [2.45, 2.75) is 109 Å². The summed E-state index contributed by atoms with van der Waals surface area (Å²) in [6.07, 6.45) is 6.85. The largest absolute Gasteiger partial charge is 0.423 e. The van der Waals surface area contributed by atoms with Gasteiger partial charge in [0, 0.05) is 167 Å². The molecule has 574 valence electrons. The predicted molar refractivity (Wildman–Crippen MR) is 406 cm³/mol. The van der Waals surface area contributed by atoms with Crippen molar-refractivity contribution in [1.29, 1.82) is 0 Å². The molecule has 4 fully saturated rings. The van der Waals surface area contributed by atoms with Gasteiger partial charge in [0.15, 0.2) is 5.78 Å². The van der Waals surface area contributed by atoms with Crippen LogP contribution < -0.4 is 72.7 Å². The standard InChI is InChI=1S/C30H34FN7O4.C26H30FN7O3.C22H23FN6O2/c1-16-3-4-18(12-34-16)42-29-35-23-11-19-20(9-17(31)10-22(19)33-2)27(23)28(37-29)38-13-25(30(15-38)7-8-30)36-26(41)6-5-24(40)21(32)14-39;1-13-4-5-16(10-30-13)37-26-32-22-8-17-18(6-15(27)7-21(17)29-3)23(22)24(33-26)34-11-19(20(28)12-34)25(36)31-9-14(2)35;1-11-3-4-13(8-26-11)31-22-27-18-7-14-15(5-12(23)6-17(14)25-2)20(18)21(28-22)29-9-16(24)19(30)10-29/h3-4,9-10,12,21,25,33,39H,5-8,11,13-15,32H2,1-2H3,(H,36,41);4-7,10,14,19-20,29,35H,8-9,11-12,28H2,1-3H3,(H,31,36);3-6,8,16,19,25,30H,7,9-10,24H2,1-2H3/t21-,25-;;16-,19-/m0.0/s1. The average Bonchev–Trinajstić information content (AvgIpc) is 1.23. The van der Waals surface area contributed by atoms with E-state index in [1.807, 2.05) is 48.8 Å². The van der Waals surface area contributed by atoms with Crippen LogP contribution in [0.4, 0.5) is 47.7 Å². The van der Waals surface area contributed by atoms with Crippen molar-refractivity contribution in [3.63, 3.8) is 0 Å². The van der Waals surface area contributed by atoms with Gasteiger partial charge in [0.1, 0.15) is 52.2 Å².